The van der Waals surface area contributed by atoms with Gasteiger partial charge in [-0.25, -0.2) is 0 Å². The van der Waals surface area contributed by atoms with E-state index in [9.17, 15) is 9.59 Å². The number of hydrogen-bond donors (Lipinski definition) is 2. The van der Waals surface area contributed by atoms with E-state index in [1.165, 1.54) is 6.07 Å². The van der Waals surface area contributed by atoms with E-state index in [2.05, 4.69) is 22.2 Å². The van der Waals surface area contributed by atoms with Crippen LogP contribution in [0.4, 0.5) is 0 Å². The normalized spacial score (nSPS) is 10.2. The van der Waals surface area contributed by atoms with Gasteiger partial charge in [0.1, 0.15) is 11.4 Å². The van der Waals surface area contributed by atoms with Crippen molar-refractivity contribution in [3.05, 3.63) is 70.1 Å². The number of carbonyl (C=O) groups is 2. The molecule has 0 unspecified atom stereocenters. The van der Waals surface area contributed by atoms with E-state index in [1.807, 2.05) is 13.0 Å². The molecule has 0 saturated carbocycles. The number of pyridine rings is 1. The van der Waals surface area contributed by atoms with E-state index in [-0.39, 0.29) is 18.4 Å². The van der Waals surface area contributed by atoms with Crippen molar-refractivity contribution in [2.45, 2.75) is 19.8 Å². The Morgan fingerprint density at radius 3 is 2.61 bits per heavy atom. The van der Waals surface area contributed by atoms with E-state index in [4.69, 9.17) is 27.9 Å². The van der Waals surface area contributed by atoms with Crippen molar-refractivity contribution in [2.24, 2.45) is 0 Å². The highest BCUT2D eigenvalue weighted by Gasteiger charge is 2.09. The summed E-state index contributed by atoms with van der Waals surface area (Å²) in [6, 6.07) is 8.29. The Hall–Kier alpha value is -2.57. The van der Waals surface area contributed by atoms with Crippen LogP contribution in [0.2, 0.25) is 10.0 Å². The molecule has 0 fully saturated rings. The molecule has 1 aromatic heterocycles. The molecule has 2 aromatic rings. The number of rotatable bonds is 9. The van der Waals surface area contributed by atoms with Crippen LogP contribution >= 0.6 is 23.2 Å². The van der Waals surface area contributed by atoms with Crippen molar-refractivity contribution >= 4 is 35.0 Å². The van der Waals surface area contributed by atoms with Crippen LogP contribution in [0.3, 0.4) is 0 Å². The first-order valence-electron chi connectivity index (χ1n) is 8.67. The molecule has 0 atom stereocenters. The first-order chi connectivity index (χ1) is 13.4. The zero-order chi connectivity index (χ0) is 20.5. The van der Waals surface area contributed by atoms with E-state index in [0.717, 1.165) is 12.0 Å². The number of carbonyl (C=O) groups excluding carboxylic acids is 2. The predicted octanol–water partition coefficient (Wildman–Crippen LogP) is 3.78. The highest BCUT2D eigenvalue weighted by molar-refractivity contribution is 6.42. The maximum absolute atomic E-state index is 12.0. The van der Waals surface area contributed by atoms with Crippen LogP contribution in [0.5, 0.6) is 5.75 Å². The maximum atomic E-state index is 12.0. The maximum Gasteiger partial charge on any atom is 0.269 e. The molecule has 8 heteroatoms. The number of halogens is 2. The first kappa shape index (κ1) is 21.7. The Morgan fingerprint density at radius 2 is 1.96 bits per heavy atom. The zero-order valence-corrected chi connectivity index (χ0v) is 16.9. The third-order valence-electron chi connectivity index (χ3n) is 3.76. The SMILES string of the molecule is C=C(CCNC(=O)c1ccc(CC)cn1)NC(=O)COc1ccc(Cl)c(Cl)c1. The molecular weight excluding hydrogens is 401 g/mol. The summed E-state index contributed by atoms with van der Waals surface area (Å²) in [7, 11) is 0. The van der Waals surface area contributed by atoms with Gasteiger partial charge in [0.25, 0.3) is 11.8 Å². The van der Waals surface area contributed by atoms with Gasteiger partial charge < -0.3 is 15.4 Å². The van der Waals surface area contributed by atoms with Gasteiger partial charge in [0.15, 0.2) is 6.61 Å². The van der Waals surface area contributed by atoms with Gasteiger partial charge in [-0.1, -0.05) is 42.8 Å². The number of hydrogen-bond acceptors (Lipinski definition) is 4. The topological polar surface area (TPSA) is 80.3 Å². The number of aromatic nitrogens is 1. The molecule has 148 valence electrons. The second kappa shape index (κ2) is 10.7. The number of ether oxygens (including phenoxy) is 1. The van der Waals surface area contributed by atoms with Crippen LogP contribution in [-0.4, -0.2) is 29.9 Å². The van der Waals surface area contributed by atoms with E-state index < -0.39 is 0 Å². The Bertz CT molecular complexity index is 854. The van der Waals surface area contributed by atoms with Gasteiger partial charge in [-0.05, 0) is 30.2 Å². The van der Waals surface area contributed by atoms with Crippen molar-refractivity contribution < 1.29 is 14.3 Å². The highest BCUT2D eigenvalue weighted by atomic mass is 35.5. The predicted molar refractivity (Wildman–Crippen MR) is 110 cm³/mol. The molecule has 28 heavy (non-hydrogen) atoms. The van der Waals surface area contributed by atoms with E-state index >= 15 is 0 Å². The van der Waals surface area contributed by atoms with Gasteiger partial charge in [0.05, 0.1) is 10.0 Å². The minimum Gasteiger partial charge on any atom is -0.484 e. The summed E-state index contributed by atoms with van der Waals surface area (Å²) in [6.45, 7) is 5.92. The summed E-state index contributed by atoms with van der Waals surface area (Å²) in [5.74, 6) is -0.201. The van der Waals surface area contributed by atoms with Crippen molar-refractivity contribution in [3.63, 3.8) is 0 Å². The third-order valence-corrected chi connectivity index (χ3v) is 4.49. The molecular formula is C20H21Cl2N3O3. The second-order valence-corrected chi connectivity index (χ2v) is 6.74. The summed E-state index contributed by atoms with van der Waals surface area (Å²) in [5, 5.41) is 6.11. The van der Waals surface area contributed by atoms with Gasteiger partial charge in [-0.15, -0.1) is 0 Å². The Kier molecular flexibility index (Phi) is 8.29. The molecule has 0 spiro atoms. The average Bonchev–Trinajstić information content (AvgIpc) is 2.68. The number of nitrogens with one attached hydrogen (secondary N) is 2. The molecule has 0 saturated heterocycles. The Balaban J connectivity index is 1.68. The summed E-state index contributed by atoms with van der Waals surface area (Å²) in [4.78, 5) is 28.1. The summed E-state index contributed by atoms with van der Waals surface area (Å²) in [6.07, 6.45) is 2.93. The fraction of sp³-hybridized carbons (Fsp3) is 0.250. The Labute approximate surface area is 173 Å². The molecule has 6 nitrogen and oxygen atoms in total. The van der Waals surface area contributed by atoms with Gasteiger partial charge in [0.2, 0.25) is 0 Å². The molecule has 0 radical (unpaired) electrons. The quantitative estimate of drug-likeness (QED) is 0.645. The lowest BCUT2D eigenvalue weighted by Gasteiger charge is -2.11. The Morgan fingerprint density at radius 1 is 1.18 bits per heavy atom. The van der Waals surface area contributed by atoms with Crippen molar-refractivity contribution in [1.29, 1.82) is 0 Å². The van der Waals surface area contributed by atoms with Gasteiger partial charge >= 0.3 is 0 Å². The summed E-state index contributed by atoms with van der Waals surface area (Å²) >= 11 is 11.7. The van der Waals surface area contributed by atoms with E-state index in [1.54, 1.807) is 24.4 Å². The van der Waals surface area contributed by atoms with Gasteiger partial charge in [0, 0.05) is 30.9 Å². The molecule has 1 aromatic carbocycles. The number of amides is 2. The molecule has 2 amide bonds. The minimum atomic E-state index is -0.362. The van der Waals surface area contributed by atoms with Crippen molar-refractivity contribution in [1.82, 2.24) is 15.6 Å². The highest BCUT2D eigenvalue weighted by Crippen LogP contribution is 2.26. The van der Waals surface area contributed by atoms with Crippen LogP contribution in [-0.2, 0) is 11.2 Å². The summed E-state index contributed by atoms with van der Waals surface area (Å²) in [5.41, 5.74) is 1.88. The van der Waals surface area contributed by atoms with Crippen molar-refractivity contribution in [2.75, 3.05) is 13.2 Å². The molecule has 2 rings (SSSR count). The van der Waals surface area contributed by atoms with Gasteiger partial charge in [-0.3, -0.25) is 14.6 Å². The fourth-order valence-electron chi connectivity index (χ4n) is 2.20. The van der Waals surface area contributed by atoms with E-state index in [0.29, 0.717) is 40.2 Å². The van der Waals surface area contributed by atoms with Crippen LogP contribution in [0.1, 0.15) is 29.4 Å². The van der Waals surface area contributed by atoms with Crippen molar-refractivity contribution in [3.8, 4) is 5.75 Å². The lowest BCUT2D eigenvalue weighted by molar-refractivity contribution is -0.122. The standard InChI is InChI=1S/C20H21Cl2N3O3/c1-3-14-4-7-18(24-11-14)20(27)23-9-8-13(2)25-19(26)12-28-15-5-6-16(21)17(22)10-15/h4-7,10-11H,2-3,8-9,12H2,1H3,(H,23,27)(H,25,26). The third kappa shape index (κ3) is 6.87. The number of aryl methyl sites for hydroxylation is 1. The molecule has 0 aliphatic carbocycles. The van der Waals surface area contributed by atoms with Gasteiger partial charge in [-0.2, -0.15) is 0 Å². The zero-order valence-electron chi connectivity index (χ0n) is 15.4. The summed E-state index contributed by atoms with van der Waals surface area (Å²) < 4.78 is 5.35. The smallest absolute Gasteiger partial charge is 0.269 e. The largest absolute Gasteiger partial charge is 0.484 e. The molecule has 0 aliphatic heterocycles. The number of nitrogens with zero attached hydrogens (tertiary/aromatic N) is 1. The number of benzene rings is 1. The second-order valence-electron chi connectivity index (χ2n) is 5.93. The lowest BCUT2D eigenvalue weighted by atomic mass is 10.2. The fourth-order valence-corrected chi connectivity index (χ4v) is 2.48. The van der Waals surface area contributed by atoms with Crippen LogP contribution in [0.25, 0.3) is 0 Å². The first-order valence-corrected chi connectivity index (χ1v) is 9.43. The van der Waals surface area contributed by atoms with Crippen LogP contribution in [0, 0.1) is 0 Å². The van der Waals surface area contributed by atoms with Crippen LogP contribution < -0.4 is 15.4 Å². The molecule has 0 aliphatic rings. The molecule has 0 bridgehead atoms. The van der Waals surface area contributed by atoms with Crippen LogP contribution in [0.15, 0.2) is 48.8 Å². The lowest BCUT2D eigenvalue weighted by Crippen LogP contribution is -2.31. The average molecular weight is 422 g/mol. The molecule has 1 heterocycles. The monoisotopic (exact) mass is 421 g/mol. The molecule has 2 N–H and O–H groups in total. The minimum absolute atomic E-state index is 0.197.